The van der Waals surface area contributed by atoms with E-state index in [0.717, 1.165) is 10.5 Å². The Morgan fingerprint density at radius 1 is 1.10 bits per heavy atom. The summed E-state index contributed by atoms with van der Waals surface area (Å²) in [7, 11) is 0. The Bertz CT molecular complexity index is 868. The van der Waals surface area contributed by atoms with E-state index in [4.69, 9.17) is 16.9 Å². The fraction of sp³-hybridized carbons (Fsp3) is 0.286. The summed E-state index contributed by atoms with van der Waals surface area (Å²) in [4.78, 5) is 27.3. The smallest absolute Gasteiger partial charge is 0.238 e. The van der Waals surface area contributed by atoms with Crippen molar-refractivity contribution in [2.24, 2.45) is 0 Å². The van der Waals surface area contributed by atoms with E-state index in [1.165, 1.54) is 11.8 Å². The lowest BCUT2D eigenvalue weighted by Gasteiger charge is -2.20. The lowest BCUT2D eigenvalue weighted by atomic mass is 10.2. The first kappa shape index (κ1) is 22.8. The molecule has 0 aliphatic rings. The van der Waals surface area contributed by atoms with Crippen molar-refractivity contribution in [2.45, 2.75) is 18.4 Å². The van der Waals surface area contributed by atoms with Crippen LogP contribution in [0.2, 0.25) is 5.02 Å². The van der Waals surface area contributed by atoms with E-state index in [1.54, 1.807) is 23.1 Å². The molecule has 0 spiro atoms. The highest BCUT2D eigenvalue weighted by Gasteiger charge is 2.14. The molecular weight excluding hydrogens is 408 g/mol. The van der Waals surface area contributed by atoms with Crippen LogP contribution in [0.4, 0.5) is 5.69 Å². The number of benzene rings is 2. The van der Waals surface area contributed by atoms with Gasteiger partial charge < -0.3 is 10.6 Å². The Morgan fingerprint density at radius 3 is 2.48 bits per heavy atom. The first-order valence-corrected chi connectivity index (χ1v) is 10.5. The van der Waals surface area contributed by atoms with Crippen LogP contribution in [-0.4, -0.2) is 42.1 Å². The monoisotopic (exact) mass is 430 g/mol. The van der Waals surface area contributed by atoms with Crippen LogP contribution in [0.5, 0.6) is 0 Å². The molecule has 0 saturated carbocycles. The summed E-state index contributed by atoms with van der Waals surface area (Å²) >= 11 is 7.22. The van der Waals surface area contributed by atoms with Crippen molar-refractivity contribution in [1.82, 2.24) is 10.2 Å². The summed E-state index contributed by atoms with van der Waals surface area (Å²) in [6.45, 7) is 3.09. The Labute approximate surface area is 180 Å². The first-order chi connectivity index (χ1) is 14.0. The van der Waals surface area contributed by atoms with Crippen LogP contribution in [0.1, 0.15) is 12.5 Å². The van der Waals surface area contributed by atoms with Crippen molar-refractivity contribution in [3.05, 3.63) is 59.1 Å². The van der Waals surface area contributed by atoms with Crippen molar-refractivity contribution < 1.29 is 9.59 Å². The molecule has 0 heterocycles. The summed E-state index contributed by atoms with van der Waals surface area (Å²) in [5.41, 5.74) is 1.62. The number of nitrogens with zero attached hydrogens (tertiary/aromatic N) is 2. The Hall–Kier alpha value is -2.53. The molecule has 6 nitrogen and oxygen atoms in total. The molecular formula is C21H23ClN4O2S. The van der Waals surface area contributed by atoms with Crippen LogP contribution < -0.4 is 10.6 Å². The van der Waals surface area contributed by atoms with Gasteiger partial charge in [0.25, 0.3) is 0 Å². The van der Waals surface area contributed by atoms with Gasteiger partial charge in [0, 0.05) is 16.5 Å². The number of para-hydroxylation sites is 1. The van der Waals surface area contributed by atoms with Crippen molar-refractivity contribution in [3.8, 4) is 6.07 Å². The Kier molecular flexibility index (Phi) is 9.51. The van der Waals surface area contributed by atoms with Gasteiger partial charge in [-0.05, 0) is 36.4 Å². The maximum absolute atomic E-state index is 12.4. The molecule has 8 heteroatoms. The van der Waals surface area contributed by atoms with Crippen LogP contribution in [0.3, 0.4) is 0 Å². The second-order valence-corrected chi connectivity index (χ2v) is 7.65. The number of halogens is 1. The van der Waals surface area contributed by atoms with Crippen LogP contribution in [0, 0.1) is 11.3 Å². The van der Waals surface area contributed by atoms with Crippen molar-refractivity contribution in [1.29, 1.82) is 5.26 Å². The van der Waals surface area contributed by atoms with Gasteiger partial charge in [0.15, 0.2) is 0 Å². The van der Waals surface area contributed by atoms with E-state index >= 15 is 0 Å². The van der Waals surface area contributed by atoms with Gasteiger partial charge in [-0.15, -0.1) is 11.8 Å². The van der Waals surface area contributed by atoms with Gasteiger partial charge in [-0.1, -0.05) is 42.8 Å². The highest BCUT2D eigenvalue weighted by Crippen LogP contribution is 2.26. The van der Waals surface area contributed by atoms with Gasteiger partial charge in [0.05, 0.1) is 30.6 Å². The molecule has 0 unspecified atom stereocenters. The zero-order valence-electron chi connectivity index (χ0n) is 16.2. The van der Waals surface area contributed by atoms with E-state index in [-0.39, 0.29) is 24.9 Å². The quantitative estimate of drug-likeness (QED) is 0.563. The molecule has 0 saturated heterocycles. The molecule has 0 atom stereocenters. The first-order valence-electron chi connectivity index (χ1n) is 9.14. The number of nitrogens with one attached hydrogen (secondary N) is 2. The number of rotatable bonds is 10. The van der Waals surface area contributed by atoms with E-state index in [9.17, 15) is 9.59 Å². The topological polar surface area (TPSA) is 85.2 Å². The highest BCUT2D eigenvalue weighted by atomic mass is 35.5. The van der Waals surface area contributed by atoms with E-state index in [0.29, 0.717) is 29.6 Å². The fourth-order valence-corrected chi connectivity index (χ4v) is 3.34. The number of likely N-dealkylation sites (N-methyl/N-ethyl adjacent to an activating group) is 1. The molecule has 2 amide bonds. The third kappa shape index (κ3) is 8.16. The number of hydrogen-bond acceptors (Lipinski definition) is 5. The summed E-state index contributed by atoms with van der Waals surface area (Å²) in [6.07, 6.45) is 0. The number of amides is 2. The molecule has 0 aliphatic heterocycles. The second kappa shape index (κ2) is 12.1. The molecule has 0 aliphatic carbocycles. The van der Waals surface area contributed by atoms with Crippen LogP contribution in [-0.2, 0) is 16.1 Å². The Balaban J connectivity index is 1.84. The summed E-state index contributed by atoms with van der Waals surface area (Å²) in [6, 6.07) is 16.7. The normalized spacial score (nSPS) is 10.4. The minimum atomic E-state index is -0.206. The highest BCUT2D eigenvalue weighted by molar-refractivity contribution is 7.99. The van der Waals surface area contributed by atoms with E-state index in [1.807, 2.05) is 37.3 Å². The SMILES string of the molecule is CCN(CC(=O)NCc1ccc(Cl)cc1)CC(=O)Nc1ccccc1SCC#N. The Morgan fingerprint density at radius 2 is 1.79 bits per heavy atom. The molecule has 0 radical (unpaired) electrons. The van der Waals surface area contributed by atoms with Crippen molar-refractivity contribution >= 4 is 40.9 Å². The molecule has 2 aromatic rings. The number of thioether (sulfide) groups is 1. The molecule has 29 heavy (non-hydrogen) atoms. The summed E-state index contributed by atoms with van der Waals surface area (Å²) < 4.78 is 0. The fourth-order valence-electron chi connectivity index (χ4n) is 2.54. The minimum Gasteiger partial charge on any atom is -0.351 e. The van der Waals surface area contributed by atoms with Gasteiger partial charge in [-0.3, -0.25) is 14.5 Å². The predicted molar refractivity (Wildman–Crippen MR) is 117 cm³/mol. The van der Waals surface area contributed by atoms with E-state index in [2.05, 4.69) is 16.7 Å². The van der Waals surface area contributed by atoms with Gasteiger partial charge in [-0.2, -0.15) is 5.26 Å². The van der Waals surface area contributed by atoms with Gasteiger partial charge >= 0.3 is 0 Å². The standard InChI is InChI=1S/C21H23ClN4O2S/c1-2-26(14-20(27)24-13-16-7-9-17(22)10-8-16)15-21(28)25-18-5-3-4-6-19(18)29-12-11-23/h3-10H,2,12-15H2,1H3,(H,24,27)(H,25,28). The average molecular weight is 431 g/mol. The second-order valence-electron chi connectivity index (χ2n) is 6.20. The maximum atomic E-state index is 12.4. The molecule has 2 rings (SSSR count). The van der Waals surface area contributed by atoms with Crippen LogP contribution in [0.15, 0.2) is 53.4 Å². The lowest BCUT2D eigenvalue weighted by Crippen LogP contribution is -2.40. The average Bonchev–Trinajstić information content (AvgIpc) is 2.72. The molecule has 0 bridgehead atoms. The minimum absolute atomic E-state index is 0.0993. The van der Waals surface area contributed by atoms with E-state index < -0.39 is 0 Å². The third-order valence-electron chi connectivity index (χ3n) is 4.04. The number of anilines is 1. The van der Waals surface area contributed by atoms with Gasteiger partial charge in [0.2, 0.25) is 11.8 Å². The summed E-state index contributed by atoms with van der Waals surface area (Å²) in [5.74, 6) is -0.0520. The molecule has 2 aromatic carbocycles. The lowest BCUT2D eigenvalue weighted by molar-refractivity contribution is -0.123. The van der Waals surface area contributed by atoms with Gasteiger partial charge in [-0.25, -0.2) is 0 Å². The zero-order chi connectivity index (χ0) is 21.1. The number of carbonyl (C=O) groups is 2. The predicted octanol–water partition coefficient (Wildman–Crippen LogP) is 3.53. The number of carbonyl (C=O) groups excluding carboxylic acids is 2. The van der Waals surface area contributed by atoms with Crippen molar-refractivity contribution in [2.75, 3.05) is 30.7 Å². The van der Waals surface area contributed by atoms with Crippen LogP contribution in [0.25, 0.3) is 0 Å². The molecule has 2 N–H and O–H groups in total. The largest absolute Gasteiger partial charge is 0.351 e. The van der Waals surface area contributed by atoms with Gasteiger partial charge in [0.1, 0.15) is 0 Å². The summed E-state index contributed by atoms with van der Waals surface area (Å²) in [5, 5.41) is 15.1. The number of nitriles is 1. The molecule has 0 fully saturated rings. The molecule has 0 aromatic heterocycles. The number of hydrogen-bond donors (Lipinski definition) is 2. The van der Waals surface area contributed by atoms with Crippen LogP contribution >= 0.6 is 23.4 Å². The zero-order valence-corrected chi connectivity index (χ0v) is 17.7. The third-order valence-corrected chi connectivity index (χ3v) is 5.23. The van der Waals surface area contributed by atoms with Crippen molar-refractivity contribution in [3.63, 3.8) is 0 Å². The molecule has 152 valence electrons. The maximum Gasteiger partial charge on any atom is 0.238 e.